The van der Waals surface area contributed by atoms with Gasteiger partial charge in [-0.25, -0.2) is 0 Å². The van der Waals surface area contributed by atoms with E-state index in [4.69, 9.17) is 0 Å². The second-order valence-corrected chi connectivity index (χ2v) is 2.89. The molecular weight excluding hydrogens is 132 g/mol. The summed E-state index contributed by atoms with van der Waals surface area (Å²) in [4.78, 5) is 0. The maximum Gasteiger partial charge on any atom is -0.0351 e. The number of hydrogen-bond acceptors (Lipinski definition) is 0. The number of allylic oxidation sites excluding steroid dienone is 2. The molecule has 0 amide bonds. The molecule has 0 heteroatoms. The predicted molar refractivity (Wildman–Crippen MR) is 52.5 cm³/mol. The highest BCUT2D eigenvalue weighted by molar-refractivity contribution is 4.80. The van der Waals surface area contributed by atoms with Gasteiger partial charge >= 0.3 is 0 Å². The molecule has 0 atom stereocenters. The van der Waals surface area contributed by atoms with Crippen LogP contribution >= 0.6 is 0 Å². The van der Waals surface area contributed by atoms with E-state index in [1.807, 2.05) is 0 Å². The first-order valence-electron chi connectivity index (χ1n) is 4.88. The smallest absolute Gasteiger partial charge is 0.0351 e. The molecule has 0 aliphatic heterocycles. The lowest BCUT2D eigenvalue weighted by Gasteiger charge is -1.94. The highest BCUT2D eigenvalue weighted by atomic mass is 13.9. The minimum absolute atomic E-state index is 1.18. The van der Waals surface area contributed by atoms with E-state index in [-0.39, 0.29) is 0 Å². The molecule has 0 aliphatic rings. The van der Waals surface area contributed by atoms with Gasteiger partial charge in [-0.3, -0.25) is 0 Å². The summed E-state index contributed by atoms with van der Waals surface area (Å²) in [6.45, 7) is 4.41. The monoisotopic (exact) mass is 153 g/mol. The van der Waals surface area contributed by atoms with Gasteiger partial charge in [-0.05, 0) is 32.1 Å². The van der Waals surface area contributed by atoms with Crippen LogP contribution in [-0.2, 0) is 0 Å². The Morgan fingerprint density at radius 3 is 2.36 bits per heavy atom. The average Bonchev–Trinajstić information content (AvgIpc) is 2.03. The Labute approximate surface area is 71.7 Å². The van der Waals surface area contributed by atoms with Gasteiger partial charge in [-0.15, -0.1) is 0 Å². The molecule has 0 N–H and O–H groups in total. The molecule has 0 aliphatic carbocycles. The molecule has 0 bridgehead atoms. The minimum Gasteiger partial charge on any atom is -0.0888 e. The lowest BCUT2D eigenvalue weighted by atomic mass is 10.1. The molecule has 0 spiro atoms. The first-order chi connectivity index (χ1) is 5.41. The first kappa shape index (κ1) is 10.7. The highest BCUT2D eigenvalue weighted by Crippen LogP contribution is 2.04. The van der Waals surface area contributed by atoms with Crippen LogP contribution < -0.4 is 0 Å². The first-order valence-corrected chi connectivity index (χ1v) is 4.88. The molecule has 65 valence electrons. The van der Waals surface area contributed by atoms with Crippen LogP contribution in [0.25, 0.3) is 0 Å². The molecule has 11 heavy (non-hydrogen) atoms. The van der Waals surface area contributed by atoms with Gasteiger partial charge in [-0.1, -0.05) is 38.8 Å². The van der Waals surface area contributed by atoms with Crippen LogP contribution in [0.3, 0.4) is 0 Å². The second-order valence-electron chi connectivity index (χ2n) is 2.89. The molecule has 0 fully saturated rings. The number of hydrogen-bond donors (Lipinski definition) is 0. The van der Waals surface area contributed by atoms with Crippen molar-refractivity contribution < 1.29 is 0 Å². The van der Waals surface area contributed by atoms with Crippen LogP contribution in [0.5, 0.6) is 0 Å². The van der Waals surface area contributed by atoms with E-state index in [2.05, 4.69) is 32.4 Å². The Kier molecular flexibility index (Phi) is 9.51. The normalized spacial score (nSPS) is 11.1. The van der Waals surface area contributed by atoms with Crippen molar-refractivity contribution in [2.24, 2.45) is 0 Å². The van der Waals surface area contributed by atoms with Crippen molar-refractivity contribution in [3.8, 4) is 0 Å². The number of unbranched alkanes of at least 4 members (excludes halogenated alkanes) is 5. The van der Waals surface area contributed by atoms with Crippen molar-refractivity contribution in [1.29, 1.82) is 0 Å². The van der Waals surface area contributed by atoms with E-state index in [1.54, 1.807) is 0 Å². The topological polar surface area (TPSA) is 0 Å². The van der Waals surface area contributed by atoms with Crippen LogP contribution in [-0.4, -0.2) is 0 Å². The van der Waals surface area contributed by atoms with Crippen molar-refractivity contribution in [2.45, 2.75) is 52.4 Å². The summed E-state index contributed by atoms with van der Waals surface area (Å²) in [6.07, 6.45) is 14.6. The summed E-state index contributed by atoms with van der Waals surface area (Å²) in [5.41, 5.74) is 0. The summed E-state index contributed by atoms with van der Waals surface area (Å²) < 4.78 is 0. The molecule has 0 saturated carbocycles. The molecule has 0 saturated heterocycles. The van der Waals surface area contributed by atoms with Gasteiger partial charge < -0.3 is 0 Å². The van der Waals surface area contributed by atoms with Gasteiger partial charge in [0.1, 0.15) is 0 Å². The summed E-state index contributed by atoms with van der Waals surface area (Å²) in [6, 6.07) is 0. The Morgan fingerprint density at radius 2 is 1.73 bits per heavy atom. The van der Waals surface area contributed by atoms with Gasteiger partial charge in [0.15, 0.2) is 0 Å². The quantitative estimate of drug-likeness (QED) is 0.381. The molecule has 0 aromatic carbocycles. The van der Waals surface area contributed by atoms with Gasteiger partial charge in [-0.2, -0.15) is 0 Å². The summed E-state index contributed by atoms with van der Waals surface area (Å²) in [5, 5.41) is 0. The van der Waals surface area contributed by atoms with E-state index in [1.165, 1.54) is 38.5 Å². The van der Waals surface area contributed by atoms with Crippen LogP contribution in [0.15, 0.2) is 12.2 Å². The zero-order valence-corrected chi connectivity index (χ0v) is 7.97. The minimum atomic E-state index is 1.18. The van der Waals surface area contributed by atoms with Crippen LogP contribution in [0.4, 0.5) is 0 Å². The molecule has 0 aromatic rings. The lowest BCUT2D eigenvalue weighted by molar-refractivity contribution is 0.762. The van der Waals surface area contributed by atoms with Gasteiger partial charge in [0.2, 0.25) is 0 Å². The average molecular weight is 153 g/mol. The van der Waals surface area contributed by atoms with Crippen LogP contribution in [0, 0.1) is 6.42 Å². The van der Waals surface area contributed by atoms with Crippen molar-refractivity contribution in [1.82, 2.24) is 0 Å². The molecular formula is C11H21. The molecule has 1 radical (unpaired) electrons. The predicted octanol–water partition coefficient (Wildman–Crippen LogP) is 4.13. The molecule has 0 nitrogen and oxygen atoms in total. The standard InChI is InChI=1S/C11H21/c1-3-5-7-9-11-10-8-6-4-2/h5,7-8H,3-4,6,9-11H2,1-2H3. The van der Waals surface area contributed by atoms with Crippen molar-refractivity contribution >= 4 is 0 Å². The van der Waals surface area contributed by atoms with Gasteiger partial charge in [0.05, 0.1) is 0 Å². The van der Waals surface area contributed by atoms with Gasteiger partial charge in [0.25, 0.3) is 0 Å². The zero-order valence-electron chi connectivity index (χ0n) is 7.97. The highest BCUT2D eigenvalue weighted by Gasteiger charge is 1.85. The van der Waals surface area contributed by atoms with E-state index in [0.29, 0.717) is 0 Å². The third-order valence-electron chi connectivity index (χ3n) is 1.67. The number of rotatable bonds is 7. The van der Waals surface area contributed by atoms with Crippen LogP contribution in [0.2, 0.25) is 0 Å². The SMILES string of the molecule is CCC=CCCC[CH]CCC. The van der Waals surface area contributed by atoms with E-state index < -0.39 is 0 Å². The fourth-order valence-electron chi connectivity index (χ4n) is 1.01. The molecule has 0 rings (SSSR count). The molecule has 0 unspecified atom stereocenters. The van der Waals surface area contributed by atoms with Crippen molar-refractivity contribution in [3.05, 3.63) is 18.6 Å². The van der Waals surface area contributed by atoms with Gasteiger partial charge in [0, 0.05) is 0 Å². The molecule has 0 aromatic heterocycles. The summed E-state index contributed by atoms with van der Waals surface area (Å²) in [7, 11) is 0. The summed E-state index contributed by atoms with van der Waals surface area (Å²) >= 11 is 0. The maximum absolute atomic E-state index is 2.40. The molecule has 0 heterocycles. The van der Waals surface area contributed by atoms with E-state index in [9.17, 15) is 0 Å². The van der Waals surface area contributed by atoms with Crippen molar-refractivity contribution in [3.63, 3.8) is 0 Å². The Hall–Kier alpha value is -0.260. The lowest BCUT2D eigenvalue weighted by Crippen LogP contribution is -1.76. The fourth-order valence-corrected chi connectivity index (χ4v) is 1.01. The Bertz CT molecular complexity index is 82.0. The third-order valence-corrected chi connectivity index (χ3v) is 1.67. The Morgan fingerprint density at radius 1 is 0.909 bits per heavy atom. The zero-order chi connectivity index (χ0) is 8.36. The third kappa shape index (κ3) is 9.74. The Balaban J connectivity index is 2.85. The van der Waals surface area contributed by atoms with E-state index >= 15 is 0 Å². The fraction of sp³-hybridized carbons (Fsp3) is 0.727. The summed E-state index contributed by atoms with van der Waals surface area (Å²) in [5.74, 6) is 0. The van der Waals surface area contributed by atoms with E-state index in [0.717, 1.165) is 0 Å². The largest absolute Gasteiger partial charge is 0.0888 e. The second kappa shape index (κ2) is 9.74. The van der Waals surface area contributed by atoms with Crippen molar-refractivity contribution in [2.75, 3.05) is 0 Å². The maximum atomic E-state index is 2.40. The van der Waals surface area contributed by atoms with Crippen LogP contribution in [0.1, 0.15) is 52.4 Å².